The molecule has 0 bridgehead atoms. The standard InChI is InChI=1S/C27H28N6O/c1-31-14-16-32(17-15-31)25-9-8-24(22-18-28-12-10-20(22)25)29-27(34)21-4-2-3-5-26(21)33-13-11-23(30-33)19-6-7-19/h2-5,8-13,18-19H,6-7,14-17H2,1H3,(H,29,34). The van der Waals surface area contributed by atoms with Crippen LogP contribution in [0, 0.1) is 0 Å². The average Bonchev–Trinajstić information content (AvgIpc) is 3.61. The summed E-state index contributed by atoms with van der Waals surface area (Å²) in [6.45, 7) is 4.05. The van der Waals surface area contributed by atoms with Gasteiger partial charge < -0.3 is 15.1 Å². The number of piperazine rings is 1. The van der Waals surface area contributed by atoms with Gasteiger partial charge in [0.2, 0.25) is 0 Å². The van der Waals surface area contributed by atoms with E-state index >= 15 is 0 Å². The number of carbonyl (C=O) groups excluding carboxylic acids is 1. The maximum Gasteiger partial charge on any atom is 0.257 e. The molecule has 2 aliphatic rings. The molecular formula is C27H28N6O. The number of para-hydroxylation sites is 1. The van der Waals surface area contributed by atoms with Crippen molar-refractivity contribution in [3.63, 3.8) is 0 Å². The Hall–Kier alpha value is -3.71. The minimum Gasteiger partial charge on any atom is -0.368 e. The van der Waals surface area contributed by atoms with Crippen LogP contribution in [0.15, 0.2) is 67.1 Å². The summed E-state index contributed by atoms with van der Waals surface area (Å²) in [5.41, 5.74) is 4.43. The number of nitrogens with zero attached hydrogens (tertiary/aromatic N) is 5. The maximum absolute atomic E-state index is 13.4. The van der Waals surface area contributed by atoms with Crippen molar-refractivity contribution >= 4 is 28.1 Å². The molecule has 0 atom stereocenters. The van der Waals surface area contributed by atoms with Crippen molar-refractivity contribution in [3.05, 3.63) is 78.4 Å². The van der Waals surface area contributed by atoms with E-state index in [1.165, 1.54) is 18.5 Å². The normalized spacial score (nSPS) is 16.7. The highest BCUT2D eigenvalue weighted by atomic mass is 16.1. The highest BCUT2D eigenvalue weighted by Gasteiger charge is 2.26. The molecule has 34 heavy (non-hydrogen) atoms. The third-order valence-electron chi connectivity index (χ3n) is 6.89. The molecule has 0 unspecified atom stereocenters. The number of aromatic nitrogens is 3. The molecule has 6 rings (SSSR count). The van der Waals surface area contributed by atoms with Gasteiger partial charge in [-0.2, -0.15) is 5.10 Å². The van der Waals surface area contributed by atoms with Crippen molar-refractivity contribution in [1.29, 1.82) is 0 Å². The molecule has 1 amide bonds. The van der Waals surface area contributed by atoms with Crippen LogP contribution in [0.2, 0.25) is 0 Å². The second-order valence-electron chi connectivity index (χ2n) is 9.27. The lowest BCUT2D eigenvalue weighted by Crippen LogP contribution is -2.44. The summed E-state index contributed by atoms with van der Waals surface area (Å²) < 4.78 is 1.82. The number of pyridine rings is 1. The molecule has 1 aliphatic carbocycles. The maximum atomic E-state index is 13.4. The Labute approximate surface area is 199 Å². The van der Waals surface area contributed by atoms with Gasteiger partial charge in [-0.3, -0.25) is 9.78 Å². The molecule has 2 aromatic carbocycles. The highest BCUT2D eigenvalue weighted by Crippen LogP contribution is 2.39. The fourth-order valence-corrected chi connectivity index (χ4v) is 4.73. The molecule has 172 valence electrons. The second kappa shape index (κ2) is 8.57. The molecule has 1 saturated heterocycles. The molecule has 0 radical (unpaired) electrons. The van der Waals surface area contributed by atoms with Crippen LogP contribution in [0.25, 0.3) is 16.5 Å². The van der Waals surface area contributed by atoms with Crippen LogP contribution in [-0.2, 0) is 0 Å². The van der Waals surface area contributed by atoms with E-state index in [1.807, 2.05) is 59.7 Å². The summed E-state index contributed by atoms with van der Waals surface area (Å²) in [5.74, 6) is 0.413. The van der Waals surface area contributed by atoms with Gasteiger partial charge in [-0.25, -0.2) is 4.68 Å². The Balaban J connectivity index is 1.31. The topological polar surface area (TPSA) is 66.3 Å². The van der Waals surface area contributed by atoms with Crippen LogP contribution < -0.4 is 10.2 Å². The zero-order chi connectivity index (χ0) is 23.1. The Morgan fingerprint density at radius 3 is 2.59 bits per heavy atom. The van der Waals surface area contributed by atoms with Crippen molar-refractivity contribution in [1.82, 2.24) is 19.7 Å². The summed E-state index contributed by atoms with van der Waals surface area (Å²) in [7, 11) is 2.16. The lowest BCUT2D eigenvalue weighted by molar-refractivity contribution is 0.102. The first-order chi connectivity index (χ1) is 16.7. The van der Waals surface area contributed by atoms with Crippen LogP contribution in [0.1, 0.15) is 34.8 Å². The third kappa shape index (κ3) is 3.92. The number of hydrogen-bond acceptors (Lipinski definition) is 5. The van der Waals surface area contributed by atoms with Gasteiger partial charge in [0.15, 0.2) is 0 Å². The number of amides is 1. The monoisotopic (exact) mass is 452 g/mol. The van der Waals surface area contributed by atoms with E-state index in [9.17, 15) is 4.79 Å². The lowest BCUT2D eigenvalue weighted by atomic mass is 10.1. The van der Waals surface area contributed by atoms with E-state index in [-0.39, 0.29) is 5.91 Å². The van der Waals surface area contributed by atoms with Gasteiger partial charge in [-0.15, -0.1) is 0 Å². The average molecular weight is 453 g/mol. The van der Waals surface area contributed by atoms with Crippen molar-refractivity contribution in [2.75, 3.05) is 43.4 Å². The molecule has 7 heteroatoms. The number of carbonyl (C=O) groups is 1. The molecule has 3 heterocycles. The van der Waals surface area contributed by atoms with E-state index in [4.69, 9.17) is 5.10 Å². The van der Waals surface area contributed by atoms with E-state index in [1.54, 1.807) is 0 Å². The minimum absolute atomic E-state index is 0.156. The first-order valence-corrected chi connectivity index (χ1v) is 11.9. The molecule has 2 fully saturated rings. The number of anilines is 2. The quantitative estimate of drug-likeness (QED) is 0.489. The summed E-state index contributed by atoms with van der Waals surface area (Å²) in [5, 5.41) is 9.92. The van der Waals surface area contributed by atoms with Crippen LogP contribution in [0.3, 0.4) is 0 Å². The Kier molecular flexibility index (Phi) is 5.26. The smallest absolute Gasteiger partial charge is 0.257 e. The highest BCUT2D eigenvalue weighted by molar-refractivity contribution is 6.12. The van der Waals surface area contributed by atoms with Gasteiger partial charge in [0.1, 0.15) is 0 Å². The summed E-state index contributed by atoms with van der Waals surface area (Å²) in [6, 6.07) is 15.8. The number of benzene rings is 2. The van der Waals surface area contributed by atoms with Gasteiger partial charge in [0.25, 0.3) is 5.91 Å². The van der Waals surface area contributed by atoms with Crippen molar-refractivity contribution in [3.8, 4) is 5.69 Å². The molecular weight excluding hydrogens is 424 g/mol. The van der Waals surface area contributed by atoms with Gasteiger partial charge >= 0.3 is 0 Å². The zero-order valence-electron chi connectivity index (χ0n) is 19.3. The fourth-order valence-electron chi connectivity index (χ4n) is 4.73. The third-order valence-corrected chi connectivity index (χ3v) is 6.89. The van der Waals surface area contributed by atoms with E-state index < -0.39 is 0 Å². The van der Waals surface area contributed by atoms with Gasteiger partial charge in [-0.1, -0.05) is 12.1 Å². The van der Waals surface area contributed by atoms with Crippen molar-refractivity contribution in [2.45, 2.75) is 18.8 Å². The number of nitrogens with one attached hydrogen (secondary N) is 1. The first-order valence-electron chi connectivity index (χ1n) is 11.9. The number of rotatable bonds is 5. The van der Waals surface area contributed by atoms with Crippen molar-refractivity contribution in [2.24, 2.45) is 0 Å². The molecule has 1 saturated carbocycles. The Morgan fingerprint density at radius 1 is 0.941 bits per heavy atom. The predicted octanol–water partition coefficient (Wildman–Crippen LogP) is 4.30. The summed E-state index contributed by atoms with van der Waals surface area (Å²) in [6.07, 6.45) is 8.00. The van der Waals surface area contributed by atoms with Crippen LogP contribution in [0.4, 0.5) is 11.4 Å². The molecule has 4 aromatic rings. The number of likely N-dealkylation sites (N-methyl/N-ethyl adjacent to an activating group) is 1. The van der Waals surface area contributed by atoms with Gasteiger partial charge in [-0.05, 0) is 56.3 Å². The Morgan fingerprint density at radius 2 is 1.76 bits per heavy atom. The Bertz CT molecular complexity index is 1350. The first kappa shape index (κ1) is 20.9. The van der Waals surface area contributed by atoms with E-state index in [0.29, 0.717) is 11.5 Å². The van der Waals surface area contributed by atoms with Crippen LogP contribution >= 0.6 is 0 Å². The molecule has 2 aromatic heterocycles. The zero-order valence-corrected chi connectivity index (χ0v) is 19.3. The van der Waals surface area contributed by atoms with E-state index in [2.05, 4.69) is 39.3 Å². The predicted molar refractivity (Wildman–Crippen MR) is 135 cm³/mol. The second-order valence-corrected chi connectivity index (χ2v) is 9.27. The summed E-state index contributed by atoms with van der Waals surface area (Å²) in [4.78, 5) is 22.6. The lowest BCUT2D eigenvalue weighted by Gasteiger charge is -2.34. The van der Waals surface area contributed by atoms with Gasteiger partial charge in [0, 0.05) is 67.1 Å². The number of hydrogen-bond donors (Lipinski definition) is 1. The largest absolute Gasteiger partial charge is 0.368 e. The molecule has 1 aliphatic heterocycles. The van der Waals surface area contributed by atoms with Crippen LogP contribution in [-0.4, -0.2) is 58.8 Å². The summed E-state index contributed by atoms with van der Waals surface area (Å²) >= 11 is 0. The molecule has 1 N–H and O–H groups in total. The van der Waals surface area contributed by atoms with E-state index in [0.717, 1.165) is 54.0 Å². The van der Waals surface area contributed by atoms with Crippen molar-refractivity contribution < 1.29 is 4.79 Å². The molecule has 7 nitrogen and oxygen atoms in total. The van der Waals surface area contributed by atoms with Crippen LogP contribution in [0.5, 0.6) is 0 Å². The number of fused-ring (bicyclic) bond motifs is 1. The SMILES string of the molecule is CN1CCN(c2ccc(NC(=O)c3ccccc3-n3ccc(C4CC4)n3)c3cnccc23)CC1. The minimum atomic E-state index is -0.156. The molecule has 0 spiro atoms. The fraction of sp³-hybridized carbons (Fsp3) is 0.296. The van der Waals surface area contributed by atoms with Gasteiger partial charge in [0.05, 0.1) is 22.6 Å².